The van der Waals surface area contributed by atoms with Crippen LogP contribution in [0.2, 0.25) is 0 Å². The molecular formula is C14H18N2V. The average Bonchev–Trinajstić information content (AvgIpc) is 2.17. The normalized spacial score (nSPS) is 8.71. The van der Waals surface area contributed by atoms with Gasteiger partial charge in [-0.3, -0.25) is 9.97 Å². The third-order valence-electron chi connectivity index (χ3n) is 2.06. The molecule has 1 radical (unpaired) electrons. The average molecular weight is 265 g/mol. The summed E-state index contributed by atoms with van der Waals surface area (Å²) in [5, 5.41) is 0. The van der Waals surface area contributed by atoms with E-state index in [0.717, 1.165) is 22.8 Å². The van der Waals surface area contributed by atoms with Crippen molar-refractivity contribution in [3.8, 4) is 0 Å². The largest absolute Gasteiger partial charge is 0.258 e. The smallest absolute Gasteiger partial charge is 0.0375 e. The molecule has 2 nitrogen and oxygen atoms in total. The van der Waals surface area contributed by atoms with Gasteiger partial charge < -0.3 is 0 Å². The summed E-state index contributed by atoms with van der Waals surface area (Å²) in [7, 11) is 0. The van der Waals surface area contributed by atoms with Crippen molar-refractivity contribution in [2.24, 2.45) is 0 Å². The summed E-state index contributed by atoms with van der Waals surface area (Å²) in [6.07, 6.45) is 0. The second kappa shape index (κ2) is 8.05. The van der Waals surface area contributed by atoms with Gasteiger partial charge in [-0.1, -0.05) is 12.1 Å². The first-order valence-corrected chi connectivity index (χ1v) is 5.38. The molecule has 0 aliphatic rings. The van der Waals surface area contributed by atoms with Crippen molar-refractivity contribution in [1.29, 1.82) is 0 Å². The molecule has 0 amide bonds. The van der Waals surface area contributed by atoms with Gasteiger partial charge in [-0.2, -0.15) is 0 Å². The first kappa shape index (κ1) is 15.9. The first-order valence-electron chi connectivity index (χ1n) is 5.38. The molecule has 0 fully saturated rings. The van der Waals surface area contributed by atoms with Crippen LogP contribution in [0.3, 0.4) is 0 Å². The minimum atomic E-state index is 0. The van der Waals surface area contributed by atoms with Crippen molar-refractivity contribution >= 4 is 0 Å². The van der Waals surface area contributed by atoms with E-state index in [-0.39, 0.29) is 18.6 Å². The van der Waals surface area contributed by atoms with Crippen LogP contribution >= 0.6 is 0 Å². The Morgan fingerprint density at radius 1 is 0.588 bits per heavy atom. The van der Waals surface area contributed by atoms with Gasteiger partial charge in [-0.05, 0) is 52.0 Å². The number of hydrogen-bond donors (Lipinski definition) is 0. The number of pyridine rings is 2. The minimum Gasteiger partial charge on any atom is -0.258 e. The summed E-state index contributed by atoms with van der Waals surface area (Å²) in [6, 6.07) is 12.0. The molecule has 0 aromatic carbocycles. The van der Waals surface area contributed by atoms with Crippen LogP contribution in [0.15, 0.2) is 36.4 Å². The molecule has 0 aliphatic carbocycles. The van der Waals surface area contributed by atoms with Gasteiger partial charge in [0.25, 0.3) is 0 Å². The molecule has 0 N–H and O–H groups in total. The van der Waals surface area contributed by atoms with Crippen LogP contribution in [0.25, 0.3) is 0 Å². The van der Waals surface area contributed by atoms with E-state index in [1.54, 1.807) is 0 Å². The molecule has 2 heterocycles. The van der Waals surface area contributed by atoms with Crippen LogP contribution in [0.1, 0.15) is 22.8 Å². The first-order chi connectivity index (χ1) is 7.58. The Kier molecular flexibility index (Phi) is 7.52. The third-order valence-corrected chi connectivity index (χ3v) is 2.06. The fraction of sp³-hybridized carbons (Fsp3) is 0.286. The van der Waals surface area contributed by atoms with E-state index in [1.807, 2.05) is 64.1 Å². The molecule has 3 heteroatoms. The summed E-state index contributed by atoms with van der Waals surface area (Å²) >= 11 is 0. The van der Waals surface area contributed by atoms with Crippen molar-refractivity contribution < 1.29 is 18.6 Å². The zero-order valence-corrected chi connectivity index (χ0v) is 12.2. The Morgan fingerprint density at radius 2 is 0.824 bits per heavy atom. The molecule has 89 valence electrons. The minimum absolute atomic E-state index is 0. The molecule has 2 aromatic rings. The van der Waals surface area contributed by atoms with Gasteiger partial charge in [0.1, 0.15) is 0 Å². The molecule has 0 spiro atoms. The quantitative estimate of drug-likeness (QED) is 0.729. The van der Waals surface area contributed by atoms with E-state index in [9.17, 15) is 0 Å². The topological polar surface area (TPSA) is 25.8 Å². The van der Waals surface area contributed by atoms with E-state index in [4.69, 9.17) is 0 Å². The van der Waals surface area contributed by atoms with Crippen molar-refractivity contribution in [3.63, 3.8) is 0 Å². The van der Waals surface area contributed by atoms with Gasteiger partial charge in [0.2, 0.25) is 0 Å². The second-order valence-corrected chi connectivity index (χ2v) is 3.84. The monoisotopic (exact) mass is 265 g/mol. The Hall–Kier alpha value is -1.12. The number of hydrogen-bond acceptors (Lipinski definition) is 2. The van der Waals surface area contributed by atoms with Gasteiger partial charge in [-0.15, -0.1) is 0 Å². The standard InChI is InChI=1S/2C7H9N.V/c2*1-6-4-3-5-7(2)8-6;/h2*3-5H,1-2H3;. The fourth-order valence-electron chi connectivity index (χ4n) is 1.36. The summed E-state index contributed by atoms with van der Waals surface area (Å²) in [6.45, 7) is 7.97. The van der Waals surface area contributed by atoms with Crippen molar-refractivity contribution in [2.75, 3.05) is 0 Å². The third kappa shape index (κ3) is 6.93. The van der Waals surface area contributed by atoms with Gasteiger partial charge in [0, 0.05) is 41.3 Å². The second-order valence-electron chi connectivity index (χ2n) is 3.84. The molecular weight excluding hydrogens is 247 g/mol. The van der Waals surface area contributed by atoms with Crippen LogP contribution in [-0.4, -0.2) is 9.97 Å². The van der Waals surface area contributed by atoms with Crippen molar-refractivity contribution in [1.82, 2.24) is 9.97 Å². The number of aryl methyl sites for hydroxylation is 4. The summed E-state index contributed by atoms with van der Waals surface area (Å²) < 4.78 is 0. The Balaban J connectivity index is 0.000000284. The molecule has 0 saturated carbocycles. The Labute approximate surface area is 115 Å². The van der Waals surface area contributed by atoms with Crippen molar-refractivity contribution in [3.05, 3.63) is 59.2 Å². The molecule has 2 rings (SSSR count). The van der Waals surface area contributed by atoms with Gasteiger partial charge in [-0.25, -0.2) is 0 Å². The number of nitrogens with zero attached hydrogens (tertiary/aromatic N) is 2. The molecule has 2 aromatic heterocycles. The number of rotatable bonds is 0. The predicted octanol–water partition coefficient (Wildman–Crippen LogP) is 3.39. The van der Waals surface area contributed by atoms with Gasteiger partial charge >= 0.3 is 0 Å². The number of aromatic nitrogens is 2. The van der Waals surface area contributed by atoms with Crippen LogP contribution in [0.5, 0.6) is 0 Å². The SMILES string of the molecule is Cc1cccc(C)n1.Cc1cccc(C)n1.[V]. The maximum absolute atomic E-state index is 4.17. The molecule has 0 unspecified atom stereocenters. The molecule has 0 saturated heterocycles. The molecule has 17 heavy (non-hydrogen) atoms. The van der Waals surface area contributed by atoms with Crippen LogP contribution in [0.4, 0.5) is 0 Å². The molecule has 0 aliphatic heterocycles. The summed E-state index contributed by atoms with van der Waals surface area (Å²) in [4.78, 5) is 8.35. The van der Waals surface area contributed by atoms with Crippen LogP contribution in [0, 0.1) is 27.7 Å². The zero-order chi connectivity index (χ0) is 12.0. The van der Waals surface area contributed by atoms with E-state index < -0.39 is 0 Å². The maximum atomic E-state index is 4.17. The van der Waals surface area contributed by atoms with Gasteiger partial charge in [0.05, 0.1) is 0 Å². The van der Waals surface area contributed by atoms with E-state index >= 15 is 0 Å². The predicted molar refractivity (Wildman–Crippen MR) is 67.4 cm³/mol. The molecule has 0 atom stereocenters. The zero-order valence-electron chi connectivity index (χ0n) is 10.8. The summed E-state index contributed by atoms with van der Waals surface area (Å²) in [5.74, 6) is 0. The summed E-state index contributed by atoms with van der Waals surface area (Å²) in [5.41, 5.74) is 4.35. The maximum Gasteiger partial charge on any atom is 0.0375 e. The Morgan fingerprint density at radius 3 is 0.941 bits per heavy atom. The fourth-order valence-corrected chi connectivity index (χ4v) is 1.36. The van der Waals surface area contributed by atoms with Crippen LogP contribution in [-0.2, 0) is 18.6 Å². The van der Waals surface area contributed by atoms with E-state index in [0.29, 0.717) is 0 Å². The molecule has 0 bridgehead atoms. The van der Waals surface area contributed by atoms with E-state index in [1.165, 1.54) is 0 Å². The van der Waals surface area contributed by atoms with Crippen LogP contribution < -0.4 is 0 Å². The van der Waals surface area contributed by atoms with Crippen molar-refractivity contribution in [2.45, 2.75) is 27.7 Å². The Bertz CT molecular complexity index is 377. The van der Waals surface area contributed by atoms with Gasteiger partial charge in [0.15, 0.2) is 0 Å². The van der Waals surface area contributed by atoms with E-state index in [2.05, 4.69) is 9.97 Å².